The van der Waals surface area contributed by atoms with Crippen molar-refractivity contribution in [2.24, 2.45) is 5.16 Å². The minimum atomic E-state index is -1.22. The number of pyridine rings is 1. The lowest BCUT2D eigenvalue weighted by Gasteiger charge is -2.49. The van der Waals surface area contributed by atoms with Crippen LogP contribution in [-0.2, 0) is 32.4 Å². The number of carbonyl (C=O) groups excluding carboxylic acids is 2. The van der Waals surface area contributed by atoms with Gasteiger partial charge in [0, 0.05) is 35.0 Å². The summed E-state index contributed by atoms with van der Waals surface area (Å²) in [5.41, 5.74) is 6.71. The van der Waals surface area contributed by atoms with Crippen LogP contribution in [0, 0.1) is 0 Å². The smallest absolute Gasteiger partial charge is 0.352 e. The number of thioether (sulfide) groups is 1. The molecule has 4 heterocycles. The van der Waals surface area contributed by atoms with Gasteiger partial charge in [-0.3, -0.25) is 14.5 Å². The number of oxime groups is 1. The van der Waals surface area contributed by atoms with Crippen LogP contribution >= 0.6 is 23.3 Å². The first-order valence-electron chi connectivity index (χ1n) is 12.0. The van der Waals surface area contributed by atoms with Crippen molar-refractivity contribution in [2.75, 3.05) is 11.5 Å². The van der Waals surface area contributed by atoms with E-state index in [1.165, 1.54) is 16.7 Å². The van der Waals surface area contributed by atoms with Crippen LogP contribution in [0.5, 0.6) is 0 Å². The van der Waals surface area contributed by atoms with Crippen LogP contribution in [-0.4, -0.2) is 71.2 Å². The second-order valence-electron chi connectivity index (χ2n) is 9.06. The number of aliphatic carboxylic acids is 1. The molecule has 1 saturated heterocycles. The molecule has 2 fully saturated rings. The zero-order valence-electron chi connectivity index (χ0n) is 20.1. The van der Waals surface area contributed by atoms with Crippen molar-refractivity contribution in [1.82, 2.24) is 19.6 Å². The number of carboxylic acid groups (broad SMARTS) is 1. The summed E-state index contributed by atoms with van der Waals surface area (Å²) in [6.45, 7) is 0.169. The third-order valence-electron chi connectivity index (χ3n) is 6.52. The van der Waals surface area contributed by atoms with E-state index in [2.05, 4.69) is 19.8 Å². The molecule has 1 aliphatic carbocycles. The number of aromatic nitrogens is 3. The molecule has 2 aromatic rings. The Balaban J connectivity index is 1.32. The van der Waals surface area contributed by atoms with Gasteiger partial charge in [0.1, 0.15) is 23.2 Å². The van der Waals surface area contributed by atoms with Gasteiger partial charge in [-0.2, -0.15) is 9.36 Å². The molecule has 5 rings (SSSR count). The molecule has 13 nitrogen and oxygen atoms in total. The normalized spacial score (nSPS) is 21.8. The predicted octanol–water partition coefficient (Wildman–Crippen LogP) is 0.00220. The first-order chi connectivity index (χ1) is 18.4. The average Bonchev–Trinajstić information content (AvgIpc) is 3.59. The van der Waals surface area contributed by atoms with E-state index in [0.717, 1.165) is 42.8 Å². The van der Waals surface area contributed by atoms with E-state index >= 15 is 0 Å². The molecule has 1 unspecified atom stereocenters. The van der Waals surface area contributed by atoms with Gasteiger partial charge >= 0.3 is 5.97 Å². The minimum Gasteiger partial charge on any atom is -0.477 e. The zero-order valence-corrected chi connectivity index (χ0v) is 21.8. The average molecular weight is 561 g/mol. The minimum absolute atomic E-state index is 0.000529. The summed E-state index contributed by atoms with van der Waals surface area (Å²) >= 11 is 2.27. The van der Waals surface area contributed by atoms with Crippen molar-refractivity contribution in [1.29, 1.82) is 0 Å². The number of nitrogens with two attached hydrogens (primary N) is 1. The molecule has 3 aliphatic rings. The van der Waals surface area contributed by atoms with Gasteiger partial charge in [0.2, 0.25) is 11.5 Å². The first-order valence-corrected chi connectivity index (χ1v) is 13.8. The second-order valence-corrected chi connectivity index (χ2v) is 11.0. The molecule has 200 valence electrons. The van der Waals surface area contributed by atoms with Crippen molar-refractivity contribution in [3.63, 3.8) is 0 Å². The van der Waals surface area contributed by atoms with Crippen LogP contribution in [0.1, 0.15) is 37.1 Å². The largest absolute Gasteiger partial charge is 0.477 e. The number of fused-ring (bicyclic) bond motifs is 1. The Kier molecular flexibility index (Phi) is 7.58. The Labute approximate surface area is 225 Å². The fraction of sp³-hybridized carbons (Fsp3) is 0.435. The molecule has 1 saturated carbocycles. The quantitative estimate of drug-likeness (QED) is 0.141. The van der Waals surface area contributed by atoms with Gasteiger partial charge < -0.3 is 26.1 Å². The van der Waals surface area contributed by atoms with Crippen LogP contribution in [0.3, 0.4) is 0 Å². The van der Waals surface area contributed by atoms with Crippen molar-refractivity contribution < 1.29 is 34.0 Å². The lowest BCUT2D eigenvalue weighted by Crippen LogP contribution is -2.71. The van der Waals surface area contributed by atoms with Gasteiger partial charge in [-0.15, -0.1) is 11.8 Å². The van der Waals surface area contributed by atoms with Crippen molar-refractivity contribution >= 4 is 51.9 Å². The summed E-state index contributed by atoms with van der Waals surface area (Å²) in [5.74, 6) is -2.10. The summed E-state index contributed by atoms with van der Waals surface area (Å²) in [6.07, 6.45) is 7.06. The molecule has 5 N–H and O–H groups in total. The highest BCUT2D eigenvalue weighted by Gasteiger charge is 2.55. The van der Waals surface area contributed by atoms with E-state index in [-0.39, 0.29) is 41.6 Å². The highest BCUT2D eigenvalue weighted by Crippen LogP contribution is 2.40. The maximum atomic E-state index is 13.2. The summed E-state index contributed by atoms with van der Waals surface area (Å²) in [7, 11) is 0. The number of carbonyl (C=O) groups is 3. The maximum absolute atomic E-state index is 13.2. The van der Waals surface area contributed by atoms with Gasteiger partial charge in [-0.1, -0.05) is 5.16 Å². The lowest BCUT2D eigenvalue weighted by molar-refractivity contribution is -0.689. The Morgan fingerprint density at radius 2 is 2.03 bits per heavy atom. The number of nitrogens with zero attached hydrogens (tertiary/aromatic N) is 5. The molecule has 0 radical (unpaired) electrons. The molecule has 2 atom stereocenters. The molecular weight excluding hydrogens is 534 g/mol. The number of nitrogen functional groups attached to an aromatic ring is 1. The van der Waals surface area contributed by atoms with Gasteiger partial charge in [-0.05, 0) is 31.2 Å². The zero-order chi connectivity index (χ0) is 26.8. The van der Waals surface area contributed by atoms with Crippen molar-refractivity contribution in [2.45, 2.75) is 56.4 Å². The maximum Gasteiger partial charge on any atom is 0.352 e. The number of hydrogen-bond acceptors (Lipinski definition) is 11. The summed E-state index contributed by atoms with van der Waals surface area (Å²) in [5, 5.41) is 25.4. The van der Waals surface area contributed by atoms with E-state index in [0.29, 0.717) is 11.3 Å². The fourth-order valence-electron chi connectivity index (χ4n) is 4.57. The van der Waals surface area contributed by atoms with E-state index in [4.69, 9.17) is 10.6 Å². The number of amides is 2. The number of carboxylic acids is 1. The molecule has 0 aromatic carbocycles. The topological polar surface area (TPSA) is 184 Å². The highest BCUT2D eigenvalue weighted by atomic mass is 32.2. The second kappa shape index (κ2) is 11.0. The molecule has 0 bridgehead atoms. The molecule has 2 aromatic heterocycles. The van der Waals surface area contributed by atoms with E-state index in [9.17, 15) is 24.6 Å². The van der Waals surface area contributed by atoms with Crippen LogP contribution in [0.25, 0.3) is 0 Å². The van der Waals surface area contributed by atoms with E-state index in [1.54, 1.807) is 29.1 Å². The monoisotopic (exact) mass is 560 g/mol. The summed E-state index contributed by atoms with van der Waals surface area (Å²) in [4.78, 5) is 49.3. The van der Waals surface area contributed by atoms with Gasteiger partial charge in [0.05, 0.1) is 6.61 Å². The van der Waals surface area contributed by atoms with Gasteiger partial charge in [0.15, 0.2) is 24.1 Å². The third-order valence-corrected chi connectivity index (χ3v) is 8.40. The number of rotatable bonds is 9. The Morgan fingerprint density at radius 3 is 2.66 bits per heavy atom. The number of β-lactam (4-membered cyclic amide) rings is 1. The van der Waals surface area contributed by atoms with Crippen LogP contribution < -0.4 is 15.6 Å². The molecule has 38 heavy (non-hydrogen) atoms. The molecule has 0 spiro atoms. The molecule has 15 heteroatoms. The molecule has 2 amide bonds. The number of anilines is 1. The Morgan fingerprint density at radius 1 is 1.29 bits per heavy atom. The molecular formula is C23H26N7O6S2+. The Hall–Kier alpha value is -3.56. The molecule has 2 aliphatic heterocycles. The fourth-order valence-corrected chi connectivity index (χ4v) is 6.34. The van der Waals surface area contributed by atoms with Crippen LogP contribution in [0.4, 0.5) is 5.13 Å². The summed E-state index contributed by atoms with van der Waals surface area (Å²) < 4.78 is 5.84. The third kappa shape index (κ3) is 5.21. The van der Waals surface area contributed by atoms with Gasteiger partial charge in [-0.25, -0.2) is 9.36 Å². The highest BCUT2D eigenvalue weighted by molar-refractivity contribution is 8.00. The van der Waals surface area contributed by atoms with Crippen LogP contribution in [0.15, 0.2) is 41.0 Å². The van der Waals surface area contributed by atoms with E-state index < -0.39 is 29.2 Å². The number of nitrogens with one attached hydrogen (secondary N) is 1. The number of hydrogen-bond donors (Lipinski definition) is 4. The van der Waals surface area contributed by atoms with Crippen molar-refractivity contribution in [3.8, 4) is 0 Å². The van der Waals surface area contributed by atoms with Crippen molar-refractivity contribution in [3.05, 3.63) is 47.2 Å². The van der Waals surface area contributed by atoms with Crippen LogP contribution in [0.2, 0.25) is 0 Å². The number of aliphatic hydroxyl groups excluding tert-OH is 1. The standard InChI is InChI=1S/C23H25N7O6S2/c24-23-26-18(28-38-23)15(27-36-14-3-1-2-4-14)19(32)25-16-20(33)30-17(22(34)35)13(11-37-21(16)30)9-29-7-5-12(10-31)6-8-29/h5-8,14,16,21,31H,1-4,9-11H2,(H3-,24,25,26,28,32,34,35)/p+1/t16?,21-/m1/s1. The Bertz CT molecular complexity index is 1310. The summed E-state index contributed by atoms with van der Waals surface area (Å²) in [6, 6.07) is 2.52. The number of aliphatic hydroxyl groups is 1. The van der Waals surface area contributed by atoms with Gasteiger partial charge in [0.25, 0.3) is 11.8 Å². The lowest BCUT2D eigenvalue weighted by atomic mass is 10.0. The SMILES string of the molecule is Nc1nc(C(=NOC2CCCC2)C(=O)NC2C(=O)N3C(C(=O)O)=C(C[n+]4ccc(CO)cc4)CS[C@H]23)ns1. The predicted molar refractivity (Wildman–Crippen MR) is 136 cm³/mol. The van der Waals surface area contributed by atoms with E-state index in [1.807, 2.05) is 0 Å². The first kappa shape index (κ1) is 26.1.